The first-order chi connectivity index (χ1) is 13.5. The van der Waals surface area contributed by atoms with Gasteiger partial charge in [-0.3, -0.25) is 0 Å². The van der Waals surface area contributed by atoms with Crippen molar-refractivity contribution in [1.29, 1.82) is 0 Å². The third-order valence-corrected chi connectivity index (χ3v) is 5.87. The van der Waals surface area contributed by atoms with Crippen LogP contribution in [-0.2, 0) is 10.8 Å². The Balaban J connectivity index is 2.16. The Labute approximate surface area is 173 Å². The van der Waals surface area contributed by atoms with Crippen molar-refractivity contribution >= 4 is 21.8 Å². The van der Waals surface area contributed by atoms with Crippen LogP contribution in [0.5, 0.6) is 5.75 Å². The monoisotopic (exact) mass is 385 g/mol. The number of phenolic OH excluding ortho intramolecular Hbond substituents is 1. The van der Waals surface area contributed by atoms with E-state index in [1.54, 1.807) is 6.07 Å². The number of phenols is 1. The van der Waals surface area contributed by atoms with Crippen LogP contribution in [-0.4, -0.2) is 9.67 Å². The van der Waals surface area contributed by atoms with Gasteiger partial charge in [0.1, 0.15) is 5.75 Å². The number of hydrogen-bond acceptors (Lipinski definition) is 1. The van der Waals surface area contributed by atoms with E-state index in [1.165, 1.54) is 21.9 Å². The van der Waals surface area contributed by atoms with Crippen molar-refractivity contribution in [2.24, 2.45) is 0 Å². The van der Waals surface area contributed by atoms with Gasteiger partial charge < -0.3 is 9.67 Å². The topological polar surface area (TPSA) is 25.2 Å². The predicted molar refractivity (Wildman–Crippen MR) is 125 cm³/mol. The fraction of sp³-hybridized carbons (Fsp3) is 0.333. The molecule has 150 valence electrons. The van der Waals surface area contributed by atoms with E-state index in [2.05, 4.69) is 95.5 Å². The highest BCUT2D eigenvalue weighted by atomic mass is 16.3. The molecule has 0 amide bonds. The van der Waals surface area contributed by atoms with E-state index in [4.69, 9.17) is 0 Å². The molecule has 0 spiro atoms. The summed E-state index contributed by atoms with van der Waals surface area (Å²) < 4.78 is 2.20. The number of rotatable bonds is 1. The number of hydrogen-bond donors (Lipinski definition) is 1. The van der Waals surface area contributed by atoms with E-state index in [0.717, 1.165) is 22.3 Å². The average molecular weight is 386 g/mol. The number of fused-ring (bicyclic) bond motifs is 3. The zero-order chi connectivity index (χ0) is 21.1. The molecular weight excluding hydrogens is 354 g/mol. The molecule has 1 N–H and O–H groups in total. The second-order valence-electron chi connectivity index (χ2n) is 10.3. The van der Waals surface area contributed by atoms with Crippen molar-refractivity contribution in [3.05, 3.63) is 71.3 Å². The molecule has 2 heteroatoms. The highest BCUT2D eigenvalue weighted by Crippen LogP contribution is 2.39. The van der Waals surface area contributed by atoms with Gasteiger partial charge in [-0.05, 0) is 70.8 Å². The first-order valence-corrected chi connectivity index (χ1v) is 10.4. The molecule has 0 aliphatic carbocycles. The molecule has 2 nitrogen and oxygen atoms in total. The minimum atomic E-state index is 0.0791. The molecule has 1 aromatic heterocycles. The molecule has 0 aliphatic heterocycles. The van der Waals surface area contributed by atoms with E-state index in [1.807, 2.05) is 6.07 Å². The van der Waals surface area contributed by atoms with Gasteiger partial charge in [-0.15, -0.1) is 0 Å². The van der Waals surface area contributed by atoms with E-state index in [9.17, 15) is 5.11 Å². The number of aromatic nitrogens is 1. The molecule has 0 saturated carbocycles. The van der Waals surface area contributed by atoms with Crippen LogP contribution in [0.3, 0.4) is 0 Å². The van der Waals surface area contributed by atoms with Gasteiger partial charge in [-0.2, -0.15) is 0 Å². The van der Waals surface area contributed by atoms with Crippen molar-refractivity contribution in [3.63, 3.8) is 0 Å². The highest BCUT2D eigenvalue weighted by Gasteiger charge is 2.21. The summed E-state index contributed by atoms with van der Waals surface area (Å²) in [6, 6.07) is 19.3. The molecule has 0 bridgehead atoms. The van der Waals surface area contributed by atoms with Gasteiger partial charge in [-0.25, -0.2) is 0 Å². The Bertz CT molecular complexity index is 1160. The Hall–Kier alpha value is -2.74. The lowest BCUT2D eigenvalue weighted by Gasteiger charge is -2.19. The molecular formula is C27H31NO. The summed E-state index contributed by atoms with van der Waals surface area (Å²) in [6.45, 7) is 15.6. The van der Waals surface area contributed by atoms with Crippen LogP contribution in [0, 0.1) is 6.92 Å². The van der Waals surface area contributed by atoms with E-state index >= 15 is 0 Å². The van der Waals surface area contributed by atoms with Crippen molar-refractivity contribution < 1.29 is 5.11 Å². The molecule has 0 saturated heterocycles. The molecule has 0 radical (unpaired) electrons. The van der Waals surface area contributed by atoms with Crippen LogP contribution < -0.4 is 0 Å². The van der Waals surface area contributed by atoms with E-state index in [0.29, 0.717) is 5.75 Å². The second kappa shape index (κ2) is 6.38. The lowest BCUT2D eigenvalue weighted by Crippen LogP contribution is -2.10. The molecule has 4 rings (SSSR count). The zero-order valence-electron chi connectivity index (χ0n) is 18.6. The summed E-state index contributed by atoms with van der Waals surface area (Å²) in [4.78, 5) is 0. The summed E-state index contributed by atoms with van der Waals surface area (Å²) in [6.07, 6.45) is 0. The van der Waals surface area contributed by atoms with E-state index < -0.39 is 0 Å². The average Bonchev–Trinajstić information content (AvgIpc) is 2.95. The molecule has 29 heavy (non-hydrogen) atoms. The molecule has 0 unspecified atom stereocenters. The van der Waals surface area contributed by atoms with Crippen LogP contribution in [0.4, 0.5) is 0 Å². The standard InChI is InChI=1S/C27H31NO/c1-17-8-13-25(29)24(14-17)28-22-11-9-18(26(2,3)4)15-20(22)21-16-19(27(5,6)7)10-12-23(21)28/h8-16,29H,1-7H3. The van der Waals surface area contributed by atoms with Crippen molar-refractivity contribution in [2.75, 3.05) is 0 Å². The number of aromatic hydroxyl groups is 1. The van der Waals surface area contributed by atoms with Crippen molar-refractivity contribution in [1.82, 2.24) is 4.57 Å². The Morgan fingerprint density at radius 2 is 1.14 bits per heavy atom. The van der Waals surface area contributed by atoms with Crippen LogP contribution in [0.15, 0.2) is 54.6 Å². The summed E-state index contributed by atoms with van der Waals surface area (Å²) in [5.74, 6) is 0.300. The fourth-order valence-corrected chi connectivity index (χ4v) is 4.03. The summed E-state index contributed by atoms with van der Waals surface area (Å²) >= 11 is 0. The SMILES string of the molecule is Cc1ccc(O)c(-n2c3ccc(C(C)(C)C)cc3c3cc(C(C)(C)C)ccc32)c1. The molecule has 3 aromatic carbocycles. The Morgan fingerprint density at radius 3 is 1.59 bits per heavy atom. The largest absolute Gasteiger partial charge is 0.506 e. The zero-order valence-corrected chi connectivity index (χ0v) is 18.6. The summed E-state index contributed by atoms with van der Waals surface area (Å²) in [5.41, 5.74) is 7.01. The number of benzene rings is 3. The van der Waals surface area contributed by atoms with Crippen LogP contribution >= 0.6 is 0 Å². The number of aryl methyl sites for hydroxylation is 1. The molecule has 4 aromatic rings. The van der Waals surface area contributed by atoms with E-state index in [-0.39, 0.29) is 10.8 Å². The van der Waals surface area contributed by atoms with Crippen LogP contribution in [0.25, 0.3) is 27.5 Å². The minimum Gasteiger partial charge on any atom is -0.506 e. The maximum absolute atomic E-state index is 10.7. The van der Waals surface area contributed by atoms with Gasteiger partial charge in [-0.1, -0.05) is 59.7 Å². The third-order valence-electron chi connectivity index (χ3n) is 5.87. The van der Waals surface area contributed by atoms with Gasteiger partial charge in [0, 0.05) is 10.8 Å². The summed E-state index contributed by atoms with van der Waals surface area (Å²) in [5, 5.41) is 13.1. The lowest BCUT2D eigenvalue weighted by atomic mass is 9.85. The van der Waals surface area contributed by atoms with Gasteiger partial charge >= 0.3 is 0 Å². The van der Waals surface area contributed by atoms with Crippen LogP contribution in [0.2, 0.25) is 0 Å². The van der Waals surface area contributed by atoms with Gasteiger partial charge in [0.15, 0.2) is 0 Å². The van der Waals surface area contributed by atoms with Crippen molar-refractivity contribution in [2.45, 2.75) is 59.3 Å². The molecule has 0 atom stereocenters. The van der Waals surface area contributed by atoms with Gasteiger partial charge in [0.2, 0.25) is 0 Å². The minimum absolute atomic E-state index is 0.0791. The maximum atomic E-state index is 10.7. The number of nitrogens with zero attached hydrogens (tertiary/aromatic N) is 1. The lowest BCUT2D eigenvalue weighted by molar-refractivity contribution is 0.473. The normalized spacial score (nSPS) is 12.8. The van der Waals surface area contributed by atoms with Crippen LogP contribution in [0.1, 0.15) is 58.2 Å². The van der Waals surface area contributed by atoms with Crippen molar-refractivity contribution in [3.8, 4) is 11.4 Å². The Kier molecular flexibility index (Phi) is 4.31. The quantitative estimate of drug-likeness (QED) is 0.363. The Morgan fingerprint density at radius 1 is 0.655 bits per heavy atom. The van der Waals surface area contributed by atoms with Gasteiger partial charge in [0.05, 0.1) is 16.7 Å². The molecule has 0 fully saturated rings. The first kappa shape index (κ1) is 19.6. The fourth-order valence-electron chi connectivity index (χ4n) is 4.03. The summed E-state index contributed by atoms with van der Waals surface area (Å²) in [7, 11) is 0. The highest BCUT2D eigenvalue weighted by molar-refractivity contribution is 6.10. The maximum Gasteiger partial charge on any atom is 0.139 e. The predicted octanol–water partition coefficient (Wildman–Crippen LogP) is 7.39. The first-order valence-electron chi connectivity index (χ1n) is 10.4. The molecule has 0 aliphatic rings. The third kappa shape index (κ3) is 3.31. The second-order valence-corrected chi connectivity index (χ2v) is 10.3. The molecule has 1 heterocycles. The smallest absolute Gasteiger partial charge is 0.139 e. The van der Waals surface area contributed by atoms with Gasteiger partial charge in [0.25, 0.3) is 0 Å².